The molecule has 0 aliphatic carbocycles. The molecule has 2 saturated heterocycles. The first-order chi connectivity index (χ1) is 12.6. The molecule has 4 rings (SSSR count). The Balaban J connectivity index is 0.00000210. The molecular weight excluding hydrogens is 364 g/mol. The van der Waals surface area contributed by atoms with Crippen LogP contribution in [-0.4, -0.2) is 49.1 Å². The van der Waals surface area contributed by atoms with E-state index < -0.39 is 0 Å². The van der Waals surface area contributed by atoms with Crippen molar-refractivity contribution in [1.29, 1.82) is 0 Å². The number of hydrogen-bond donors (Lipinski definition) is 2. The van der Waals surface area contributed by atoms with E-state index in [1.807, 2.05) is 35.2 Å². The van der Waals surface area contributed by atoms with Crippen LogP contribution in [0.25, 0.3) is 0 Å². The van der Waals surface area contributed by atoms with E-state index in [1.165, 1.54) is 5.56 Å². The van der Waals surface area contributed by atoms with E-state index in [0.29, 0.717) is 31.7 Å². The van der Waals surface area contributed by atoms with E-state index in [1.54, 1.807) is 17.0 Å². The van der Waals surface area contributed by atoms with Crippen molar-refractivity contribution in [3.63, 3.8) is 0 Å². The summed E-state index contributed by atoms with van der Waals surface area (Å²) in [5.74, 6) is 0.143. The van der Waals surface area contributed by atoms with Crippen molar-refractivity contribution in [2.75, 3.05) is 31.1 Å². The Morgan fingerprint density at radius 2 is 1.74 bits per heavy atom. The third kappa shape index (κ3) is 3.77. The Kier molecular flexibility index (Phi) is 5.68. The number of hydrogen-bond acceptors (Lipinski definition) is 3. The molecule has 0 saturated carbocycles. The molecule has 2 fully saturated rings. The van der Waals surface area contributed by atoms with E-state index in [0.717, 1.165) is 5.69 Å². The van der Waals surface area contributed by atoms with Crippen LogP contribution in [0.15, 0.2) is 54.6 Å². The smallest absolute Gasteiger partial charge is 0.321 e. The van der Waals surface area contributed by atoms with Gasteiger partial charge < -0.3 is 16.0 Å². The highest BCUT2D eigenvalue weighted by molar-refractivity contribution is 5.97. The number of rotatable bonds is 3. The summed E-state index contributed by atoms with van der Waals surface area (Å²) in [5.41, 5.74) is 8.89. The van der Waals surface area contributed by atoms with Crippen LogP contribution >= 0.6 is 12.4 Å². The van der Waals surface area contributed by atoms with Crippen LogP contribution in [0, 0.1) is 0 Å². The molecule has 2 heterocycles. The first-order valence-corrected chi connectivity index (χ1v) is 8.89. The van der Waals surface area contributed by atoms with Crippen molar-refractivity contribution in [3.05, 3.63) is 65.7 Å². The average Bonchev–Trinajstić information content (AvgIpc) is 3.28. The van der Waals surface area contributed by atoms with Crippen molar-refractivity contribution in [3.8, 4) is 0 Å². The van der Waals surface area contributed by atoms with Crippen LogP contribution in [0.1, 0.15) is 21.8 Å². The van der Waals surface area contributed by atoms with Crippen molar-refractivity contribution in [2.24, 2.45) is 5.73 Å². The van der Waals surface area contributed by atoms with Crippen LogP contribution in [0.4, 0.5) is 10.5 Å². The number of nitrogens with one attached hydrogen (secondary N) is 1. The molecule has 3 amide bonds. The van der Waals surface area contributed by atoms with Gasteiger partial charge in [0.1, 0.15) is 0 Å². The zero-order valence-corrected chi connectivity index (χ0v) is 15.7. The highest BCUT2D eigenvalue weighted by Gasteiger charge is 2.34. The summed E-state index contributed by atoms with van der Waals surface area (Å²) in [4.78, 5) is 28.1. The summed E-state index contributed by atoms with van der Waals surface area (Å²) >= 11 is 0. The number of carbonyl (C=O) groups is 2. The van der Waals surface area contributed by atoms with Gasteiger partial charge in [0.05, 0.1) is 0 Å². The molecule has 0 radical (unpaired) electrons. The average molecular weight is 387 g/mol. The number of urea groups is 1. The molecule has 7 heteroatoms. The minimum absolute atomic E-state index is 0. The molecule has 6 nitrogen and oxygen atoms in total. The van der Waals surface area contributed by atoms with Gasteiger partial charge in [-0.25, -0.2) is 4.79 Å². The summed E-state index contributed by atoms with van der Waals surface area (Å²) in [6, 6.07) is 17.2. The van der Waals surface area contributed by atoms with Crippen molar-refractivity contribution >= 4 is 30.0 Å². The van der Waals surface area contributed by atoms with Crippen LogP contribution in [0.5, 0.6) is 0 Å². The van der Waals surface area contributed by atoms with Gasteiger partial charge in [0.2, 0.25) is 0 Å². The van der Waals surface area contributed by atoms with Gasteiger partial charge in [0.15, 0.2) is 0 Å². The molecule has 0 unspecified atom stereocenters. The second kappa shape index (κ2) is 7.98. The summed E-state index contributed by atoms with van der Waals surface area (Å²) in [7, 11) is 0. The topological polar surface area (TPSA) is 78.7 Å². The third-order valence-corrected chi connectivity index (χ3v) is 5.16. The number of amides is 3. The maximum Gasteiger partial charge on any atom is 0.321 e. The fourth-order valence-electron chi connectivity index (χ4n) is 3.73. The molecule has 3 N–H and O–H groups in total. The SMILES string of the molecule is Cl.N[C@@H]1CN(C(=O)c2ccc(N3CCNC3=O)cc2)C[C@H]1c1ccccc1. The molecule has 142 valence electrons. The molecular formula is C20H23ClN4O2. The van der Waals surface area contributed by atoms with E-state index in [4.69, 9.17) is 5.73 Å². The Labute approximate surface area is 164 Å². The number of nitrogens with two attached hydrogens (primary N) is 1. The molecule has 0 bridgehead atoms. The minimum atomic E-state index is -0.0969. The van der Waals surface area contributed by atoms with Gasteiger partial charge in [0, 0.05) is 49.4 Å². The van der Waals surface area contributed by atoms with E-state index >= 15 is 0 Å². The van der Waals surface area contributed by atoms with Crippen LogP contribution < -0.4 is 16.0 Å². The lowest BCUT2D eigenvalue weighted by Crippen LogP contribution is -2.32. The fourth-order valence-corrected chi connectivity index (χ4v) is 3.73. The molecule has 0 spiro atoms. The first kappa shape index (κ1) is 19.2. The van der Waals surface area contributed by atoms with Crippen LogP contribution in [-0.2, 0) is 0 Å². The molecule has 0 aromatic heterocycles. The highest BCUT2D eigenvalue weighted by atomic mass is 35.5. The Hall–Kier alpha value is -2.57. The minimum Gasteiger partial charge on any atom is -0.336 e. The Morgan fingerprint density at radius 1 is 1.04 bits per heavy atom. The molecule has 2 aliphatic heterocycles. The summed E-state index contributed by atoms with van der Waals surface area (Å²) < 4.78 is 0. The lowest BCUT2D eigenvalue weighted by molar-refractivity contribution is 0.0789. The van der Waals surface area contributed by atoms with Crippen molar-refractivity contribution in [2.45, 2.75) is 12.0 Å². The van der Waals surface area contributed by atoms with Crippen LogP contribution in [0.2, 0.25) is 0 Å². The first-order valence-electron chi connectivity index (χ1n) is 8.89. The van der Waals surface area contributed by atoms with Gasteiger partial charge in [-0.3, -0.25) is 9.69 Å². The van der Waals surface area contributed by atoms with Crippen molar-refractivity contribution in [1.82, 2.24) is 10.2 Å². The molecule has 2 atom stereocenters. The largest absolute Gasteiger partial charge is 0.336 e. The van der Waals surface area contributed by atoms with Crippen LogP contribution in [0.3, 0.4) is 0 Å². The second-order valence-corrected chi connectivity index (χ2v) is 6.82. The predicted octanol–water partition coefficient (Wildman–Crippen LogP) is 2.20. The maximum atomic E-state index is 12.8. The maximum absolute atomic E-state index is 12.8. The normalized spacial score (nSPS) is 21.7. The number of benzene rings is 2. The summed E-state index contributed by atoms with van der Waals surface area (Å²) in [6.45, 7) is 2.47. The van der Waals surface area contributed by atoms with Gasteiger partial charge >= 0.3 is 6.03 Å². The molecule has 2 aromatic rings. The third-order valence-electron chi connectivity index (χ3n) is 5.16. The van der Waals surface area contributed by atoms with Gasteiger partial charge in [-0.05, 0) is 29.8 Å². The number of likely N-dealkylation sites (tertiary alicyclic amines) is 1. The monoisotopic (exact) mass is 386 g/mol. The van der Waals surface area contributed by atoms with Gasteiger partial charge in [-0.1, -0.05) is 30.3 Å². The standard InChI is InChI=1S/C20H22N4O2.ClH/c21-18-13-23(12-17(18)14-4-2-1-3-5-14)19(25)15-6-8-16(9-7-15)24-11-10-22-20(24)26;/h1-9,17-18H,10-13,21H2,(H,22,26);1H/t17-,18+;/m0./s1. The highest BCUT2D eigenvalue weighted by Crippen LogP contribution is 2.28. The zero-order chi connectivity index (χ0) is 18.1. The Bertz CT molecular complexity index is 812. The number of nitrogens with zero attached hydrogens (tertiary/aromatic N) is 2. The lowest BCUT2D eigenvalue weighted by Gasteiger charge is -2.18. The van der Waals surface area contributed by atoms with Gasteiger partial charge in [0.25, 0.3) is 5.91 Å². The van der Waals surface area contributed by atoms with E-state index in [9.17, 15) is 9.59 Å². The van der Waals surface area contributed by atoms with E-state index in [-0.39, 0.29) is 36.3 Å². The molecule has 27 heavy (non-hydrogen) atoms. The Morgan fingerprint density at radius 3 is 2.37 bits per heavy atom. The second-order valence-electron chi connectivity index (χ2n) is 6.82. The number of carbonyl (C=O) groups excluding carboxylic acids is 2. The van der Waals surface area contributed by atoms with Crippen molar-refractivity contribution < 1.29 is 9.59 Å². The summed E-state index contributed by atoms with van der Waals surface area (Å²) in [6.07, 6.45) is 0. The molecule has 2 aromatic carbocycles. The quantitative estimate of drug-likeness (QED) is 0.848. The zero-order valence-electron chi connectivity index (χ0n) is 14.9. The number of halogens is 1. The van der Waals surface area contributed by atoms with Gasteiger partial charge in [-0.2, -0.15) is 0 Å². The molecule has 2 aliphatic rings. The lowest BCUT2D eigenvalue weighted by atomic mass is 9.95. The predicted molar refractivity (Wildman–Crippen MR) is 107 cm³/mol. The van der Waals surface area contributed by atoms with E-state index in [2.05, 4.69) is 17.4 Å². The fraction of sp³-hybridized carbons (Fsp3) is 0.300. The summed E-state index contributed by atoms with van der Waals surface area (Å²) in [5, 5.41) is 2.77. The number of anilines is 1. The van der Waals surface area contributed by atoms with Gasteiger partial charge in [-0.15, -0.1) is 12.4 Å².